The third-order valence-corrected chi connectivity index (χ3v) is 4.37. The molecular weight excluding hydrogens is 228 g/mol. The maximum Gasteiger partial charge on any atom is 0.241 e. The van der Waals surface area contributed by atoms with Gasteiger partial charge in [0.15, 0.2) is 0 Å². The predicted octanol–water partition coefficient (Wildman–Crippen LogP) is 1.60. The summed E-state index contributed by atoms with van der Waals surface area (Å²) in [6, 6.07) is 0.265. The topological polar surface area (TPSA) is 41.6 Å². The van der Waals surface area contributed by atoms with E-state index >= 15 is 0 Å². The van der Waals surface area contributed by atoms with Gasteiger partial charge in [0.2, 0.25) is 5.91 Å². The Hall–Kier alpha value is -0.610. The maximum atomic E-state index is 12.5. The Morgan fingerprint density at radius 1 is 1.44 bits per heavy atom. The first-order valence-electron chi connectivity index (χ1n) is 7.22. The lowest BCUT2D eigenvalue weighted by Gasteiger charge is -2.33. The van der Waals surface area contributed by atoms with Crippen molar-refractivity contribution in [1.29, 1.82) is 0 Å². The van der Waals surface area contributed by atoms with Crippen LogP contribution >= 0.6 is 0 Å². The molecule has 2 aliphatic heterocycles. The number of rotatable bonds is 4. The van der Waals surface area contributed by atoms with Crippen LogP contribution in [0.5, 0.6) is 0 Å². The van der Waals surface area contributed by atoms with E-state index in [9.17, 15) is 4.79 Å². The number of hydrogen-bond donors (Lipinski definition) is 1. The summed E-state index contributed by atoms with van der Waals surface area (Å²) in [6.07, 6.45) is 2.24. The van der Waals surface area contributed by atoms with Crippen LogP contribution in [0.4, 0.5) is 0 Å². The van der Waals surface area contributed by atoms with E-state index in [1.807, 2.05) is 0 Å². The van der Waals surface area contributed by atoms with Crippen molar-refractivity contribution >= 4 is 5.91 Å². The predicted molar refractivity (Wildman–Crippen MR) is 71.1 cm³/mol. The number of carbonyl (C=O) groups is 1. The first-order chi connectivity index (χ1) is 8.56. The lowest BCUT2D eigenvalue weighted by atomic mass is 9.97. The van der Waals surface area contributed by atoms with Gasteiger partial charge in [-0.3, -0.25) is 10.1 Å². The minimum atomic E-state index is -0.0141. The molecule has 18 heavy (non-hydrogen) atoms. The first-order valence-corrected chi connectivity index (χ1v) is 7.22. The molecule has 2 fully saturated rings. The summed E-state index contributed by atoms with van der Waals surface area (Å²) in [5.41, 5.74) is 0. The van der Waals surface area contributed by atoms with Crippen LogP contribution in [-0.2, 0) is 9.53 Å². The Labute approximate surface area is 110 Å². The fourth-order valence-corrected chi connectivity index (χ4v) is 3.11. The Balaban J connectivity index is 2.11. The van der Waals surface area contributed by atoms with E-state index in [4.69, 9.17) is 4.74 Å². The molecule has 0 bridgehead atoms. The van der Waals surface area contributed by atoms with E-state index in [0.29, 0.717) is 11.8 Å². The summed E-state index contributed by atoms with van der Waals surface area (Å²) >= 11 is 0. The van der Waals surface area contributed by atoms with Crippen LogP contribution in [0.3, 0.4) is 0 Å². The van der Waals surface area contributed by atoms with Gasteiger partial charge < -0.3 is 9.64 Å². The first kappa shape index (κ1) is 13.8. The quantitative estimate of drug-likeness (QED) is 0.828. The highest BCUT2D eigenvalue weighted by Crippen LogP contribution is 2.28. The molecule has 104 valence electrons. The second kappa shape index (κ2) is 5.57. The van der Waals surface area contributed by atoms with Gasteiger partial charge in [-0.25, -0.2) is 0 Å². The van der Waals surface area contributed by atoms with Crippen molar-refractivity contribution < 1.29 is 9.53 Å². The molecule has 0 aromatic carbocycles. The number of nitrogens with zero attached hydrogens (tertiary/aromatic N) is 1. The maximum absolute atomic E-state index is 12.5. The number of nitrogens with one attached hydrogen (secondary N) is 1. The molecule has 0 aliphatic carbocycles. The van der Waals surface area contributed by atoms with Crippen molar-refractivity contribution in [2.24, 2.45) is 11.8 Å². The summed E-state index contributed by atoms with van der Waals surface area (Å²) in [4.78, 5) is 14.6. The number of ether oxygens (including phenoxy) is 1. The van der Waals surface area contributed by atoms with E-state index in [0.717, 1.165) is 26.1 Å². The molecule has 4 unspecified atom stereocenters. The average molecular weight is 254 g/mol. The van der Waals surface area contributed by atoms with Gasteiger partial charge in [-0.15, -0.1) is 0 Å². The van der Waals surface area contributed by atoms with Crippen molar-refractivity contribution in [3.8, 4) is 0 Å². The fourth-order valence-electron chi connectivity index (χ4n) is 3.11. The van der Waals surface area contributed by atoms with Gasteiger partial charge in [0.05, 0.1) is 18.8 Å². The average Bonchev–Trinajstić information content (AvgIpc) is 2.95. The molecule has 0 spiro atoms. The Morgan fingerprint density at radius 2 is 2.17 bits per heavy atom. The lowest BCUT2D eigenvalue weighted by molar-refractivity contribution is -0.133. The van der Waals surface area contributed by atoms with E-state index < -0.39 is 0 Å². The van der Waals surface area contributed by atoms with Crippen LogP contribution in [0, 0.1) is 11.8 Å². The smallest absolute Gasteiger partial charge is 0.241 e. The summed E-state index contributed by atoms with van der Waals surface area (Å²) in [5.74, 6) is 1.12. The molecular formula is C14H26N2O2. The SMILES string of the molecule is CCC1NC(C(C)C)C(=O)N1C(C)C1CCOC1. The van der Waals surface area contributed by atoms with Gasteiger partial charge in [-0.2, -0.15) is 0 Å². The summed E-state index contributed by atoms with van der Waals surface area (Å²) < 4.78 is 5.46. The molecule has 2 aliphatic rings. The van der Waals surface area contributed by atoms with Crippen molar-refractivity contribution in [1.82, 2.24) is 10.2 Å². The van der Waals surface area contributed by atoms with Crippen LogP contribution in [0.25, 0.3) is 0 Å². The zero-order valence-electron chi connectivity index (χ0n) is 12.0. The minimum absolute atomic E-state index is 0.0141. The fraction of sp³-hybridized carbons (Fsp3) is 0.929. The van der Waals surface area contributed by atoms with Crippen molar-refractivity contribution in [3.05, 3.63) is 0 Å². The van der Waals surface area contributed by atoms with Crippen LogP contribution in [0.2, 0.25) is 0 Å². The highest BCUT2D eigenvalue weighted by atomic mass is 16.5. The normalized spacial score (nSPS) is 34.6. The largest absolute Gasteiger partial charge is 0.381 e. The zero-order valence-corrected chi connectivity index (χ0v) is 12.0. The third-order valence-electron chi connectivity index (χ3n) is 4.37. The molecule has 2 heterocycles. The molecule has 4 atom stereocenters. The van der Waals surface area contributed by atoms with Gasteiger partial charge in [0.1, 0.15) is 0 Å². The molecule has 0 saturated carbocycles. The van der Waals surface area contributed by atoms with Crippen LogP contribution in [0.1, 0.15) is 40.5 Å². The van der Waals surface area contributed by atoms with Crippen LogP contribution in [-0.4, -0.2) is 42.3 Å². The molecule has 0 aromatic rings. The molecule has 2 rings (SSSR count). The molecule has 1 amide bonds. The second-order valence-corrected chi connectivity index (χ2v) is 5.92. The lowest BCUT2D eigenvalue weighted by Crippen LogP contribution is -2.46. The Kier molecular flexibility index (Phi) is 4.28. The van der Waals surface area contributed by atoms with Gasteiger partial charge in [0.25, 0.3) is 0 Å². The van der Waals surface area contributed by atoms with Crippen molar-refractivity contribution in [2.75, 3.05) is 13.2 Å². The van der Waals surface area contributed by atoms with Gasteiger partial charge in [-0.05, 0) is 25.7 Å². The Bertz CT molecular complexity index is 300. The number of amides is 1. The van der Waals surface area contributed by atoms with E-state index in [1.165, 1.54) is 0 Å². The molecule has 0 radical (unpaired) electrons. The molecule has 1 N–H and O–H groups in total. The highest BCUT2D eigenvalue weighted by Gasteiger charge is 2.43. The van der Waals surface area contributed by atoms with Gasteiger partial charge >= 0.3 is 0 Å². The summed E-state index contributed by atoms with van der Waals surface area (Å²) in [7, 11) is 0. The minimum Gasteiger partial charge on any atom is -0.381 e. The number of hydrogen-bond acceptors (Lipinski definition) is 3. The second-order valence-electron chi connectivity index (χ2n) is 5.92. The van der Waals surface area contributed by atoms with Crippen molar-refractivity contribution in [2.45, 2.75) is 58.8 Å². The third kappa shape index (κ3) is 2.41. The van der Waals surface area contributed by atoms with Gasteiger partial charge in [0, 0.05) is 18.6 Å². The standard InChI is InChI=1S/C14H26N2O2/c1-5-12-15-13(9(2)3)14(17)16(12)10(4)11-6-7-18-8-11/h9-13,15H,5-8H2,1-4H3. The van der Waals surface area contributed by atoms with Crippen molar-refractivity contribution in [3.63, 3.8) is 0 Å². The summed E-state index contributed by atoms with van der Waals surface area (Å²) in [5, 5.41) is 3.48. The van der Waals surface area contributed by atoms with E-state index in [1.54, 1.807) is 0 Å². The van der Waals surface area contributed by atoms with Gasteiger partial charge in [-0.1, -0.05) is 20.8 Å². The number of carbonyl (C=O) groups excluding carboxylic acids is 1. The van der Waals surface area contributed by atoms with E-state index in [2.05, 4.69) is 37.9 Å². The highest BCUT2D eigenvalue weighted by molar-refractivity contribution is 5.84. The molecule has 2 saturated heterocycles. The monoisotopic (exact) mass is 254 g/mol. The van der Waals surface area contributed by atoms with E-state index in [-0.39, 0.29) is 24.2 Å². The van der Waals surface area contributed by atoms with Crippen LogP contribution in [0.15, 0.2) is 0 Å². The molecule has 0 aromatic heterocycles. The summed E-state index contributed by atoms with van der Waals surface area (Å²) in [6.45, 7) is 10.2. The van der Waals surface area contributed by atoms with Crippen LogP contribution < -0.4 is 5.32 Å². The molecule has 4 nitrogen and oxygen atoms in total. The zero-order chi connectivity index (χ0) is 13.3. The molecule has 4 heteroatoms. The Morgan fingerprint density at radius 3 is 2.67 bits per heavy atom.